The van der Waals surface area contributed by atoms with Crippen molar-refractivity contribution in [1.82, 2.24) is 12.9 Å². The summed E-state index contributed by atoms with van der Waals surface area (Å²) >= 11 is 0. The zero-order chi connectivity index (χ0) is 19.8. The SMILES string of the molecule is C[C@@H]1CN(S(=O)(=O)N2CCN(S(=O)(=O)c3ccc(F)cc3)CC2)C[C@@H](C)O1. The van der Waals surface area contributed by atoms with E-state index >= 15 is 0 Å². The van der Waals surface area contributed by atoms with Gasteiger partial charge in [-0.3, -0.25) is 0 Å². The summed E-state index contributed by atoms with van der Waals surface area (Å²) in [5, 5.41) is 0. The van der Waals surface area contributed by atoms with Gasteiger partial charge in [0, 0.05) is 39.3 Å². The normalized spacial score (nSPS) is 26.9. The number of ether oxygens (including phenoxy) is 1. The van der Waals surface area contributed by atoms with Gasteiger partial charge < -0.3 is 4.74 Å². The van der Waals surface area contributed by atoms with Crippen molar-refractivity contribution < 1.29 is 26.0 Å². The minimum absolute atomic E-state index is 0.00367. The molecule has 0 amide bonds. The molecule has 27 heavy (non-hydrogen) atoms. The van der Waals surface area contributed by atoms with Gasteiger partial charge in [-0.2, -0.15) is 21.3 Å². The molecule has 2 fully saturated rings. The fourth-order valence-corrected chi connectivity index (χ4v) is 6.55. The molecule has 1 aromatic carbocycles. The third kappa shape index (κ3) is 4.33. The van der Waals surface area contributed by atoms with Gasteiger partial charge in [0.05, 0.1) is 17.1 Å². The standard InChI is InChI=1S/C16H24FN3O5S2/c1-13-11-20(12-14(2)25-13)27(23,24)19-9-7-18(8-10-19)26(21,22)16-5-3-15(17)4-6-16/h3-6,13-14H,7-12H2,1-2H3/t13-,14-/m1/s1. The molecule has 8 nitrogen and oxygen atoms in total. The molecule has 1 aromatic rings. The second kappa shape index (κ2) is 7.72. The third-order valence-corrected chi connectivity index (χ3v) is 8.57. The molecule has 0 unspecified atom stereocenters. The van der Waals surface area contributed by atoms with Crippen LogP contribution in [0, 0.1) is 5.82 Å². The van der Waals surface area contributed by atoms with Crippen LogP contribution in [0.3, 0.4) is 0 Å². The predicted octanol–water partition coefficient (Wildman–Crippen LogP) is 0.486. The van der Waals surface area contributed by atoms with E-state index in [2.05, 4.69) is 0 Å². The Morgan fingerprint density at radius 1 is 0.852 bits per heavy atom. The van der Waals surface area contributed by atoms with Crippen molar-refractivity contribution in [1.29, 1.82) is 0 Å². The number of hydrogen-bond acceptors (Lipinski definition) is 5. The Morgan fingerprint density at radius 2 is 1.33 bits per heavy atom. The van der Waals surface area contributed by atoms with Crippen LogP contribution >= 0.6 is 0 Å². The molecule has 2 aliphatic heterocycles. The van der Waals surface area contributed by atoms with E-state index in [0.717, 1.165) is 12.1 Å². The first-order chi connectivity index (χ1) is 12.6. The van der Waals surface area contributed by atoms with Gasteiger partial charge in [0.1, 0.15) is 5.82 Å². The van der Waals surface area contributed by atoms with Crippen molar-refractivity contribution in [3.05, 3.63) is 30.1 Å². The lowest BCUT2D eigenvalue weighted by Crippen LogP contribution is -2.57. The van der Waals surface area contributed by atoms with E-state index in [1.165, 1.54) is 25.0 Å². The third-order valence-electron chi connectivity index (χ3n) is 4.69. The van der Waals surface area contributed by atoms with Gasteiger partial charge in [-0.1, -0.05) is 0 Å². The van der Waals surface area contributed by atoms with E-state index in [1.807, 2.05) is 13.8 Å². The van der Waals surface area contributed by atoms with E-state index < -0.39 is 26.0 Å². The smallest absolute Gasteiger partial charge is 0.282 e. The molecule has 2 heterocycles. The Bertz CT molecular complexity index is 858. The summed E-state index contributed by atoms with van der Waals surface area (Å²) in [4.78, 5) is -0.00367. The van der Waals surface area contributed by atoms with Crippen molar-refractivity contribution in [3.8, 4) is 0 Å². The van der Waals surface area contributed by atoms with Gasteiger partial charge in [0.25, 0.3) is 10.2 Å². The van der Waals surface area contributed by atoms with Crippen LogP contribution in [0.5, 0.6) is 0 Å². The van der Waals surface area contributed by atoms with Gasteiger partial charge in [0.2, 0.25) is 10.0 Å². The van der Waals surface area contributed by atoms with Gasteiger partial charge >= 0.3 is 0 Å². The zero-order valence-electron chi connectivity index (χ0n) is 15.3. The molecule has 0 aromatic heterocycles. The molecule has 2 saturated heterocycles. The largest absolute Gasteiger partial charge is 0.373 e. The Morgan fingerprint density at radius 3 is 1.85 bits per heavy atom. The molecule has 0 saturated carbocycles. The fourth-order valence-electron chi connectivity index (χ4n) is 3.38. The molecule has 2 atom stereocenters. The number of morpholine rings is 1. The molecule has 0 spiro atoms. The molecule has 3 rings (SSSR count). The first-order valence-corrected chi connectivity index (χ1v) is 11.6. The molecule has 2 aliphatic rings. The van der Waals surface area contributed by atoms with Crippen LogP contribution in [0.4, 0.5) is 4.39 Å². The van der Waals surface area contributed by atoms with Crippen molar-refractivity contribution in [2.45, 2.75) is 31.0 Å². The van der Waals surface area contributed by atoms with Gasteiger partial charge in [0.15, 0.2) is 0 Å². The summed E-state index contributed by atoms with van der Waals surface area (Å²) in [5.74, 6) is -0.515. The average Bonchev–Trinajstić information content (AvgIpc) is 2.61. The number of nitrogens with zero attached hydrogens (tertiary/aromatic N) is 3. The summed E-state index contributed by atoms with van der Waals surface area (Å²) in [7, 11) is -7.45. The van der Waals surface area contributed by atoms with Crippen molar-refractivity contribution in [2.75, 3.05) is 39.3 Å². The van der Waals surface area contributed by atoms with E-state index in [-0.39, 0.29) is 56.4 Å². The Balaban J connectivity index is 1.68. The van der Waals surface area contributed by atoms with Crippen LogP contribution < -0.4 is 0 Å². The lowest BCUT2D eigenvalue weighted by atomic mass is 10.3. The van der Waals surface area contributed by atoms with Crippen LogP contribution in [0.2, 0.25) is 0 Å². The van der Waals surface area contributed by atoms with Crippen LogP contribution in [-0.2, 0) is 25.0 Å². The lowest BCUT2D eigenvalue weighted by molar-refractivity contribution is -0.0456. The minimum Gasteiger partial charge on any atom is -0.373 e. The summed E-state index contributed by atoms with van der Waals surface area (Å²) in [6.07, 6.45) is -0.382. The monoisotopic (exact) mass is 421 g/mol. The van der Waals surface area contributed by atoms with Gasteiger partial charge in [-0.15, -0.1) is 0 Å². The Hall–Kier alpha value is -1.11. The topological polar surface area (TPSA) is 87.2 Å². The first kappa shape index (κ1) is 20.6. The molecule has 0 radical (unpaired) electrons. The molecule has 0 aliphatic carbocycles. The maximum absolute atomic E-state index is 13.0. The van der Waals surface area contributed by atoms with E-state index in [9.17, 15) is 21.2 Å². The molecule has 11 heteroatoms. The predicted molar refractivity (Wildman–Crippen MR) is 97.2 cm³/mol. The maximum Gasteiger partial charge on any atom is 0.282 e. The summed E-state index contributed by atoms with van der Waals surface area (Å²) in [6.45, 7) is 4.45. The fraction of sp³-hybridized carbons (Fsp3) is 0.625. The summed E-state index contributed by atoms with van der Waals surface area (Å²) in [6, 6.07) is 4.61. The molecular formula is C16H24FN3O5S2. The van der Waals surface area contributed by atoms with E-state index in [1.54, 1.807) is 0 Å². The van der Waals surface area contributed by atoms with Crippen LogP contribution in [0.15, 0.2) is 29.2 Å². The Kier molecular flexibility index (Phi) is 5.90. The molecule has 0 N–H and O–H groups in total. The highest BCUT2D eigenvalue weighted by Gasteiger charge is 2.38. The number of halogens is 1. The minimum atomic E-state index is -3.78. The van der Waals surface area contributed by atoms with Gasteiger partial charge in [-0.25, -0.2) is 12.8 Å². The highest BCUT2D eigenvalue weighted by molar-refractivity contribution is 7.89. The number of sulfonamides is 1. The van der Waals surface area contributed by atoms with E-state index in [4.69, 9.17) is 4.74 Å². The van der Waals surface area contributed by atoms with Crippen molar-refractivity contribution >= 4 is 20.2 Å². The van der Waals surface area contributed by atoms with Crippen LogP contribution in [0.1, 0.15) is 13.8 Å². The summed E-state index contributed by atoms with van der Waals surface area (Å²) in [5.41, 5.74) is 0. The van der Waals surface area contributed by atoms with Gasteiger partial charge in [-0.05, 0) is 38.1 Å². The van der Waals surface area contributed by atoms with Crippen molar-refractivity contribution in [2.24, 2.45) is 0 Å². The zero-order valence-corrected chi connectivity index (χ0v) is 16.9. The average molecular weight is 422 g/mol. The number of piperazine rings is 1. The van der Waals surface area contributed by atoms with E-state index in [0.29, 0.717) is 0 Å². The highest BCUT2D eigenvalue weighted by atomic mass is 32.2. The maximum atomic E-state index is 13.0. The quantitative estimate of drug-likeness (QED) is 0.706. The Labute approximate surface area is 159 Å². The molecular weight excluding hydrogens is 397 g/mol. The number of benzene rings is 1. The number of hydrogen-bond donors (Lipinski definition) is 0. The van der Waals surface area contributed by atoms with Crippen LogP contribution in [0.25, 0.3) is 0 Å². The molecule has 152 valence electrons. The second-order valence-electron chi connectivity index (χ2n) is 6.84. The molecule has 0 bridgehead atoms. The van der Waals surface area contributed by atoms with Crippen LogP contribution in [-0.4, -0.2) is 81.2 Å². The second-order valence-corrected chi connectivity index (χ2v) is 10.7. The van der Waals surface area contributed by atoms with Crippen molar-refractivity contribution in [3.63, 3.8) is 0 Å². The lowest BCUT2D eigenvalue weighted by Gasteiger charge is -2.39. The number of rotatable bonds is 4. The summed E-state index contributed by atoms with van der Waals surface area (Å²) < 4.78 is 73.6. The highest BCUT2D eigenvalue weighted by Crippen LogP contribution is 2.22. The first-order valence-electron chi connectivity index (χ1n) is 8.77.